The van der Waals surface area contributed by atoms with Crippen LogP contribution < -0.4 is 5.32 Å². The van der Waals surface area contributed by atoms with Gasteiger partial charge in [0.05, 0.1) is 12.1 Å². The van der Waals surface area contributed by atoms with Crippen molar-refractivity contribution in [3.63, 3.8) is 0 Å². The molecule has 0 aliphatic carbocycles. The second kappa shape index (κ2) is 8.97. The van der Waals surface area contributed by atoms with Gasteiger partial charge in [-0.05, 0) is 38.8 Å². The van der Waals surface area contributed by atoms with Gasteiger partial charge >= 0.3 is 6.18 Å². The topological polar surface area (TPSA) is 27.6 Å². The average Bonchev–Trinajstić information content (AvgIpc) is 2.49. The predicted octanol–water partition coefficient (Wildman–Crippen LogP) is 4.77. The molecule has 1 rings (SSSR count). The Morgan fingerprint density at radius 1 is 1.35 bits per heavy atom. The molecule has 0 aromatic carbocycles. The highest BCUT2D eigenvalue weighted by Gasteiger charge is 2.42. The summed E-state index contributed by atoms with van der Waals surface area (Å²) in [5.41, 5.74) is -0.0289. The number of hydrogen-bond donors (Lipinski definition) is 1. The van der Waals surface area contributed by atoms with E-state index in [4.69, 9.17) is 0 Å². The second-order valence-corrected chi connectivity index (χ2v) is 6.88. The van der Waals surface area contributed by atoms with Crippen LogP contribution >= 0.6 is 0 Å². The molecule has 2 atom stereocenters. The number of nitrogens with one attached hydrogen (secondary N) is 1. The Hall–Kier alpha value is -1.44. The molecule has 0 bridgehead atoms. The van der Waals surface area contributed by atoms with Crippen LogP contribution in [0.15, 0.2) is 28.0 Å². The molecule has 0 aromatic heterocycles. The van der Waals surface area contributed by atoms with Gasteiger partial charge < -0.3 is 5.32 Å². The van der Waals surface area contributed by atoms with Gasteiger partial charge in [-0.25, -0.2) is 13.8 Å². The number of halogens is 5. The van der Waals surface area contributed by atoms with Crippen LogP contribution in [0.2, 0.25) is 0 Å². The van der Waals surface area contributed by atoms with Crippen LogP contribution in [0.3, 0.4) is 0 Å². The number of rotatable bonds is 6. The van der Waals surface area contributed by atoms with E-state index in [0.717, 1.165) is 17.9 Å². The van der Waals surface area contributed by atoms with Crippen LogP contribution in [0.1, 0.15) is 40.5 Å². The molecule has 8 heteroatoms. The van der Waals surface area contributed by atoms with Crippen LogP contribution in [-0.4, -0.2) is 49.4 Å². The fourth-order valence-electron chi connectivity index (χ4n) is 3.07. The molecular weight excluding hydrogens is 353 g/mol. The van der Waals surface area contributed by atoms with Gasteiger partial charge in [-0.3, -0.25) is 4.90 Å². The fourth-order valence-corrected chi connectivity index (χ4v) is 3.07. The Morgan fingerprint density at radius 3 is 2.42 bits per heavy atom. The first-order valence-electron chi connectivity index (χ1n) is 8.70. The Balaban J connectivity index is 2.88. The number of alkyl halides is 5. The molecule has 0 spiro atoms. The van der Waals surface area contributed by atoms with E-state index in [1.54, 1.807) is 25.8 Å². The summed E-state index contributed by atoms with van der Waals surface area (Å²) < 4.78 is 65.7. The molecule has 1 aliphatic rings. The van der Waals surface area contributed by atoms with Gasteiger partial charge in [0.2, 0.25) is 0 Å². The van der Waals surface area contributed by atoms with E-state index in [-0.39, 0.29) is 24.9 Å². The lowest BCUT2D eigenvalue weighted by Gasteiger charge is -2.41. The Bertz CT molecular complexity index is 550. The first-order chi connectivity index (χ1) is 11.9. The highest BCUT2D eigenvalue weighted by molar-refractivity contribution is 5.80. The summed E-state index contributed by atoms with van der Waals surface area (Å²) in [5, 5.41) is 3.06. The van der Waals surface area contributed by atoms with Crippen molar-refractivity contribution >= 4 is 6.21 Å². The first-order valence-corrected chi connectivity index (χ1v) is 8.70. The van der Waals surface area contributed by atoms with E-state index in [0.29, 0.717) is 18.8 Å². The minimum absolute atomic E-state index is 0.145. The van der Waals surface area contributed by atoms with Gasteiger partial charge in [-0.2, -0.15) is 13.2 Å². The summed E-state index contributed by atoms with van der Waals surface area (Å²) >= 11 is 0. The Morgan fingerprint density at radius 2 is 1.96 bits per heavy atom. The molecule has 0 amide bonds. The maximum atomic E-state index is 13.6. The zero-order chi connectivity index (χ0) is 20.1. The standard InChI is InChI=1S/C18H28F5N3/c1-6-12(3)16(24-9-14(7-2)18(21,22)23)25-10-15-13(4)8-17(19,20)11-26(15)5/h7,9,13,15,25H,6,8,10-11H2,1-5H3/b14-7+,16-12+,24-9-/t13-,15?/m1/s1. The van der Waals surface area contributed by atoms with Crippen LogP contribution in [0.4, 0.5) is 22.0 Å². The molecule has 1 heterocycles. The molecule has 0 saturated carbocycles. The summed E-state index contributed by atoms with van der Waals surface area (Å²) in [6.07, 6.45) is -2.29. The molecule has 0 aromatic rings. The van der Waals surface area contributed by atoms with Crippen LogP contribution in [-0.2, 0) is 0 Å². The normalized spacial score (nSPS) is 26.2. The lowest BCUT2D eigenvalue weighted by atomic mass is 9.89. The van der Waals surface area contributed by atoms with E-state index in [1.165, 1.54) is 6.92 Å². The lowest BCUT2D eigenvalue weighted by molar-refractivity contribution is -0.0950. The van der Waals surface area contributed by atoms with Crippen molar-refractivity contribution in [3.8, 4) is 0 Å². The zero-order valence-electron chi connectivity index (χ0n) is 15.9. The van der Waals surface area contributed by atoms with Crippen molar-refractivity contribution < 1.29 is 22.0 Å². The summed E-state index contributed by atoms with van der Waals surface area (Å²) in [6.45, 7) is 6.74. The molecule has 150 valence electrons. The third-order valence-electron chi connectivity index (χ3n) is 4.71. The molecule has 1 aliphatic heterocycles. The average molecular weight is 381 g/mol. The van der Waals surface area contributed by atoms with Crippen LogP contribution in [0.25, 0.3) is 0 Å². The van der Waals surface area contributed by atoms with E-state index in [2.05, 4.69) is 10.3 Å². The SMILES string of the molecule is C\C=C(/C=N\C(NCC1[C@H](C)CC(F)(F)CN1C)=C(\C)CC)C(F)(F)F. The quantitative estimate of drug-likeness (QED) is 0.530. The minimum atomic E-state index is -4.47. The maximum absolute atomic E-state index is 13.6. The van der Waals surface area contributed by atoms with E-state index in [1.807, 2.05) is 6.92 Å². The lowest BCUT2D eigenvalue weighted by Crippen LogP contribution is -2.54. The number of aliphatic imine (C=N–C) groups is 1. The molecule has 1 N–H and O–H groups in total. The highest BCUT2D eigenvalue weighted by Crippen LogP contribution is 2.33. The van der Waals surface area contributed by atoms with E-state index in [9.17, 15) is 22.0 Å². The molecular formula is C18H28F5N3. The van der Waals surface area contributed by atoms with Crippen LogP contribution in [0.5, 0.6) is 0 Å². The fraction of sp³-hybridized carbons (Fsp3) is 0.722. The Labute approximate surface area is 152 Å². The number of nitrogens with zero attached hydrogens (tertiary/aromatic N) is 2. The summed E-state index contributed by atoms with van der Waals surface area (Å²) in [7, 11) is 1.64. The number of likely N-dealkylation sites (tertiary alicyclic amines) is 1. The predicted molar refractivity (Wildman–Crippen MR) is 94.4 cm³/mol. The molecule has 1 fully saturated rings. The zero-order valence-corrected chi connectivity index (χ0v) is 15.9. The maximum Gasteiger partial charge on any atom is 0.417 e. The first kappa shape index (κ1) is 22.6. The molecule has 1 saturated heterocycles. The third kappa shape index (κ3) is 6.37. The van der Waals surface area contributed by atoms with E-state index < -0.39 is 17.7 Å². The van der Waals surface area contributed by atoms with Gasteiger partial charge in [0, 0.05) is 25.2 Å². The smallest absolute Gasteiger partial charge is 0.369 e. The second-order valence-electron chi connectivity index (χ2n) is 6.88. The van der Waals surface area contributed by atoms with E-state index >= 15 is 0 Å². The molecule has 3 nitrogen and oxygen atoms in total. The van der Waals surface area contributed by atoms with Crippen molar-refractivity contribution in [3.05, 3.63) is 23.0 Å². The van der Waals surface area contributed by atoms with Gasteiger partial charge in [0.15, 0.2) is 0 Å². The summed E-state index contributed by atoms with van der Waals surface area (Å²) in [6, 6.07) is -0.145. The van der Waals surface area contributed by atoms with Gasteiger partial charge in [-0.15, -0.1) is 0 Å². The van der Waals surface area contributed by atoms with Gasteiger partial charge in [-0.1, -0.05) is 19.9 Å². The van der Waals surface area contributed by atoms with Crippen LogP contribution in [0, 0.1) is 5.92 Å². The highest BCUT2D eigenvalue weighted by atomic mass is 19.4. The summed E-state index contributed by atoms with van der Waals surface area (Å²) in [5.74, 6) is -2.60. The number of allylic oxidation sites excluding steroid dienone is 3. The largest absolute Gasteiger partial charge is 0.417 e. The van der Waals surface area contributed by atoms with Crippen molar-refractivity contribution in [2.24, 2.45) is 10.9 Å². The third-order valence-corrected chi connectivity index (χ3v) is 4.71. The number of piperidine rings is 1. The number of hydrogen-bond acceptors (Lipinski definition) is 3. The van der Waals surface area contributed by atoms with Gasteiger partial charge in [0.1, 0.15) is 5.82 Å². The van der Waals surface area contributed by atoms with Crippen molar-refractivity contribution in [2.75, 3.05) is 20.1 Å². The monoisotopic (exact) mass is 381 g/mol. The molecule has 0 radical (unpaired) electrons. The molecule has 1 unspecified atom stereocenters. The summed E-state index contributed by atoms with van der Waals surface area (Å²) in [4.78, 5) is 5.58. The number of likely N-dealkylation sites (N-methyl/N-ethyl adjacent to an activating group) is 1. The van der Waals surface area contributed by atoms with Crippen molar-refractivity contribution in [1.82, 2.24) is 10.2 Å². The Kier molecular flexibility index (Phi) is 7.80. The minimum Gasteiger partial charge on any atom is -0.369 e. The van der Waals surface area contributed by atoms with Crippen molar-refractivity contribution in [1.29, 1.82) is 0 Å². The van der Waals surface area contributed by atoms with Crippen molar-refractivity contribution in [2.45, 2.75) is 58.7 Å². The molecule has 26 heavy (non-hydrogen) atoms. The van der Waals surface area contributed by atoms with Gasteiger partial charge in [0.25, 0.3) is 5.92 Å².